The van der Waals surface area contributed by atoms with Crippen molar-refractivity contribution in [1.29, 1.82) is 5.26 Å². The molecule has 32 heavy (non-hydrogen) atoms. The zero-order valence-corrected chi connectivity index (χ0v) is 18.2. The van der Waals surface area contributed by atoms with Crippen molar-refractivity contribution in [3.8, 4) is 11.8 Å². The lowest BCUT2D eigenvalue weighted by molar-refractivity contribution is 0.849. The lowest BCUT2D eigenvalue weighted by Gasteiger charge is -2.12. The monoisotopic (exact) mass is 432 g/mol. The number of nitriles is 1. The van der Waals surface area contributed by atoms with E-state index in [1.165, 1.54) is 16.3 Å². The van der Waals surface area contributed by atoms with E-state index in [4.69, 9.17) is 0 Å². The van der Waals surface area contributed by atoms with Gasteiger partial charge < -0.3 is 0 Å². The minimum absolute atomic E-state index is 0.656. The number of aromatic nitrogens is 3. The van der Waals surface area contributed by atoms with E-state index in [1.807, 2.05) is 42.5 Å². The van der Waals surface area contributed by atoms with E-state index in [0.717, 1.165) is 22.2 Å². The standard InChI is InChI=1S/C27H20N4S/c28-18-22-10-4-5-11-23(22)19-32-27-30-29-26(31(27)24-14-2-1-3-15-24)17-21-13-8-12-20-9-6-7-16-25(20)21/h1-16H,17,19H2. The van der Waals surface area contributed by atoms with Gasteiger partial charge in [-0.25, -0.2) is 0 Å². The lowest BCUT2D eigenvalue weighted by atomic mass is 10.0. The Morgan fingerprint density at radius 3 is 2.34 bits per heavy atom. The van der Waals surface area contributed by atoms with Crippen molar-refractivity contribution in [2.75, 3.05) is 0 Å². The summed E-state index contributed by atoms with van der Waals surface area (Å²) in [5, 5.41) is 21.8. The Bertz CT molecular complexity index is 1410. The average Bonchev–Trinajstić information content (AvgIpc) is 3.26. The van der Waals surface area contributed by atoms with Crippen LogP contribution >= 0.6 is 11.8 Å². The average molecular weight is 433 g/mol. The molecule has 0 saturated carbocycles. The largest absolute Gasteiger partial charge is 0.274 e. The fourth-order valence-corrected chi connectivity index (χ4v) is 4.83. The van der Waals surface area contributed by atoms with Crippen molar-refractivity contribution in [3.63, 3.8) is 0 Å². The third kappa shape index (κ3) is 4.01. The van der Waals surface area contributed by atoms with Crippen LogP contribution < -0.4 is 0 Å². The molecule has 5 rings (SSSR count). The highest BCUT2D eigenvalue weighted by Gasteiger charge is 2.16. The molecule has 0 aliphatic rings. The maximum absolute atomic E-state index is 9.41. The number of thioether (sulfide) groups is 1. The van der Waals surface area contributed by atoms with Crippen LogP contribution in [0.25, 0.3) is 16.5 Å². The number of nitrogens with zero attached hydrogens (tertiary/aromatic N) is 4. The number of fused-ring (bicyclic) bond motifs is 1. The summed E-state index contributed by atoms with van der Waals surface area (Å²) in [5.74, 6) is 1.55. The van der Waals surface area contributed by atoms with Crippen LogP contribution in [0.2, 0.25) is 0 Å². The van der Waals surface area contributed by atoms with Crippen molar-refractivity contribution in [2.45, 2.75) is 17.3 Å². The van der Waals surface area contributed by atoms with Gasteiger partial charge in [-0.2, -0.15) is 5.26 Å². The Hall–Kier alpha value is -3.88. The molecule has 0 N–H and O–H groups in total. The maximum Gasteiger partial charge on any atom is 0.196 e. The van der Waals surface area contributed by atoms with Crippen LogP contribution in [0, 0.1) is 11.3 Å². The second kappa shape index (κ2) is 9.09. The molecule has 0 saturated heterocycles. The Morgan fingerprint density at radius 2 is 1.47 bits per heavy atom. The topological polar surface area (TPSA) is 54.5 Å². The molecule has 0 bridgehead atoms. The Balaban J connectivity index is 1.52. The summed E-state index contributed by atoms with van der Waals surface area (Å²) in [5.41, 5.74) is 3.95. The summed E-state index contributed by atoms with van der Waals surface area (Å²) in [6, 6.07) is 35.0. The van der Waals surface area contributed by atoms with Crippen LogP contribution in [0.4, 0.5) is 0 Å². The van der Waals surface area contributed by atoms with Gasteiger partial charge in [-0.05, 0) is 40.1 Å². The highest BCUT2D eigenvalue weighted by molar-refractivity contribution is 7.98. The van der Waals surface area contributed by atoms with Crippen LogP contribution in [0.1, 0.15) is 22.5 Å². The van der Waals surface area contributed by atoms with E-state index in [9.17, 15) is 5.26 Å². The number of benzene rings is 4. The van der Waals surface area contributed by atoms with Crippen molar-refractivity contribution in [3.05, 3.63) is 120 Å². The van der Waals surface area contributed by atoms with E-state index in [2.05, 4.69) is 75.4 Å². The van der Waals surface area contributed by atoms with Gasteiger partial charge in [0, 0.05) is 17.9 Å². The van der Waals surface area contributed by atoms with Gasteiger partial charge in [0.05, 0.1) is 11.6 Å². The molecule has 5 aromatic rings. The third-order valence-electron chi connectivity index (χ3n) is 5.44. The molecule has 4 nitrogen and oxygen atoms in total. The summed E-state index contributed by atoms with van der Waals surface area (Å²) in [7, 11) is 0. The van der Waals surface area contributed by atoms with E-state index in [1.54, 1.807) is 11.8 Å². The molecule has 0 aliphatic carbocycles. The smallest absolute Gasteiger partial charge is 0.196 e. The first-order chi connectivity index (χ1) is 15.8. The highest BCUT2D eigenvalue weighted by Crippen LogP contribution is 2.28. The van der Waals surface area contributed by atoms with Gasteiger partial charge in [0.25, 0.3) is 0 Å². The van der Waals surface area contributed by atoms with Crippen LogP contribution in [-0.2, 0) is 12.2 Å². The molecule has 0 atom stereocenters. The minimum atomic E-state index is 0.656. The molecule has 0 radical (unpaired) electrons. The predicted octanol–water partition coefficient (Wildman–Crippen LogP) is 6.18. The summed E-state index contributed by atoms with van der Waals surface area (Å²) in [6.45, 7) is 0. The SMILES string of the molecule is N#Cc1ccccc1CSc1nnc(Cc2cccc3ccccc23)n1-c1ccccc1. The molecule has 5 heteroatoms. The predicted molar refractivity (Wildman–Crippen MR) is 129 cm³/mol. The summed E-state index contributed by atoms with van der Waals surface area (Å²) in [6.07, 6.45) is 0.679. The first-order valence-electron chi connectivity index (χ1n) is 10.4. The maximum atomic E-state index is 9.41. The second-order valence-electron chi connectivity index (χ2n) is 7.44. The zero-order chi connectivity index (χ0) is 21.8. The van der Waals surface area contributed by atoms with E-state index < -0.39 is 0 Å². The number of rotatable bonds is 6. The molecule has 4 aromatic carbocycles. The molecule has 154 valence electrons. The molecule has 1 aromatic heterocycles. The van der Waals surface area contributed by atoms with Gasteiger partial charge >= 0.3 is 0 Å². The molecule has 0 spiro atoms. The normalized spacial score (nSPS) is 10.8. The molecule has 0 aliphatic heterocycles. The third-order valence-corrected chi connectivity index (χ3v) is 6.42. The molecule has 0 unspecified atom stereocenters. The number of hydrogen-bond acceptors (Lipinski definition) is 4. The van der Waals surface area contributed by atoms with Crippen molar-refractivity contribution >= 4 is 22.5 Å². The first kappa shape index (κ1) is 20.0. The van der Waals surface area contributed by atoms with Crippen LogP contribution in [0.15, 0.2) is 102 Å². The van der Waals surface area contributed by atoms with E-state index in [0.29, 0.717) is 17.7 Å². The second-order valence-corrected chi connectivity index (χ2v) is 8.38. The van der Waals surface area contributed by atoms with Gasteiger partial charge in [0.1, 0.15) is 5.82 Å². The summed E-state index contributed by atoms with van der Waals surface area (Å²) < 4.78 is 2.13. The van der Waals surface area contributed by atoms with Crippen LogP contribution in [0.5, 0.6) is 0 Å². The number of hydrogen-bond donors (Lipinski definition) is 0. The fraction of sp³-hybridized carbons (Fsp3) is 0.0741. The molecular formula is C27H20N4S. The molecular weight excluding hydrogens is 412 g/mol. The van der Waals surface area contributed by atoms with Gasteiger partial charge in [0.15, 0.2) is 5.16 Å². The van der Waals surface area contributed by atoms with E-state index in [-0.39, 0.29) is 0 Å². The molecule has 0 amide bonds. The molecule has 1 heterocycles. The van der Waals surface area contributed by atoms with Gasteiger partial charge in [-0.15, -0.1) is 10.2 Å². The fourth-order valence-electron chi connectivity index (χ4n) is 3.86. The van der Waals surface area contributed by atoms with Gasteiger partial charge in [-0.1, -0.05) is 90.6 Å². The Kier molecular flexibility index (Phi) is 5.69. The minimum Gasteiger partial charge on any atom is -0.274 e. The molecule has 0 fully saturated rings. The van der Waals surface area contributed by atoms with Crippen molar-refractivity contribution in [1.82, 2.24) is 14.8 Å². The van der Waals surface area contributed by atoms with Crippen molar-refractivity contribution in [2.24, 2.45) is 0 Å². The van der Waals surface area contributed by atoms with Crippen molar-refractivity contribution < 1.29 is 0 Å². The zero-order valence-electron chi connectivity index (χ0n) is 17.3. The summed E-state index contributed by atoms with van der Waals surface area (Å²) in [4.78, 5) is 0. The van der Waals surface area contributed by atoms with E-state index >= 15 is 0 Å². The first-order valence-corrected chi connectivity index (χ1v) is 11.4. The quantitative estimate of drug-likeness (QED) is 0.301. The number of para-hydroxylation sites is 1. The van der Waals surface area contributed by atoms with Crippen LogP contribution in [-0.4, -0.2) is 14.8 Å². The van der Waals surface area contributed by atoms with Crippen LogP contribution in [0.3, 0.4) is 0 Å². The summed E-state index contributed by atoms with van der Waals surface area (Å²) >= 11 is 1.60. The Morgan fingerprint density at radius 1 is 0.750 bits per heavy atom. The lowest BCUT2D eigenvalue weighted by Crippen LogP contribution is -2.04. The highest BCUT2D eigenvalue weighted by atomic mass is 32.2. The van der Waals surface area contributed by atoms with Gasteiger partial charge in [-0.3, -0.25) is 4.57 Å². The Labute approximate surface area is 191 Å². The van der Waals surface area contributed by atoms with Gasteiger partial charge in [0.2, 0.25) is 0 Å².